The average molecular weight is 198 g/mol. The van der Waals surface area contributed by atoms with Gasteiger partial charge in [0.05, 0.1) is 0 Å². The predicted octanol–water partition coefficient (Wildman–Crippen LogP) is 4.59. The van der Waals surface area contributed by atoms with Gasteiger partial charge in [0.15, 0.2) is 0 Å². The van der Waals surface area contributed by atoms with Gasteiger partial charge in [0.25, 0.3) is 0 Å². The van der Waals surface area contributed by atoms with Gasteiger partial charge in [-0.2, -0.15) is 0 Å². The minimum atomic E-state index is 0.754. The molecule has 0 rings (SSSR count). The van der Waals surface area contributed by atoms with Crippen molar-refractivity contribution in [2.45, 2.75) is 47.0 Å². The van der Waals surface area contributed by atoms with Crippen LogP contribution in [0.2, 0.25) is 0 Å². The first-order valence-electron chi connectivity index (χ1n) is 5.17. The maximum atomic E-state index is 4.35. The van der Waals surface area contributed by atoms with Crippen LogP contribution < -0.4 is 0 Å². The lowest BCUT2D eigenvalue weighted by molar-refractivity contribution is 0.630. The molecule has 0 fully saturated rings. The molecule has 13 heavy (non-hydrogen) atoms. The van der Waals surface area contributed by atoms with Gasteiger partial charge in [0.2, 0.25) is 0 Å². The molecule has 0 aliphatic rings. The number of hydrogen-bond acceptors (Lipinski definition) is 1. The Bertz CT molecular complexity index is 187. The second kappa shape index (κ2) is 7.25. The summed E-state index contributed by atoms with van der Waals surface area (Å²) in [7, 11) is 0. The Balaban J connectivity index is 4.22. The van der Waals surface area contributed by atoms with Crippen molar-refractivity contribution in [3.05, 3.63) is 22.6 Å². The molecule has 0 aliphatic carbocycles. The Labute approximate surface area is 88.5 Å². The van der Waals surface area contributed by atoms with E-state index >= 15 is 0 Å². The van der Waals surface area contributed by atoms with Crippen LogP contribution in [0.1, 0.15) is 47.0 Å². The van der Waals surface area contributed by atoms with E-state index in [1.165, 1.54) is 12.0 Å². The van der Waals surface area contributed by atoms with Gasteiger partial charge in [-0.25, -0.2) is 0 Å². The number of rotatable bonds is 5. The van der Waals surface area contributed by atoms with E-state index in [0.717, 1.165) is 23.7 Å². The zero-order valence-electron chi connectivity index (χ0n) is 9.30. The highest BCUT2D eigenvalue weighted by Gasteiger charge is 1.97. The lowest BCUT2D eigenvalue weighted by Gasteiger charge is -2.06. The van der Waals surface area contributed by atoms with Crippen molar-refractivity contribution < 1.29 is 0 Å². The second-order valence-electron chi connectivity index (χ2n) is 3.79. The molecular formula is C12H22S. The highest BCUT2D eigenvalue weighted by atomic mass is 32.1. The molecule has 0 heterocycles. The fourth-order valence-electron chi connectivity index (χ4n) is 1.19. The van der Waals surface area contributed by atoms with Gasteiger partial charge in [0, 0.05) is 0 Å². The molecule has 0 N–H and O–H groups in total. The summed E-state index contributed by atoms with van der Waals surface area (Å²) in [6.45, 7) is 8.86. The smallest absolute Gasteiger partial charge is 0.0187 e. The molecule has 0 spiro atoms. The van der Waals surface area contributed by atoms with Crippen LogP contribution in [0.5, 0.6) is 0 Å². The molecule has 0 amide bonds. The summed E-state index contributed by atoms with van der Waals surface area (Å²) in [5, 5.41) is 0. The van der Waals surface area contributed by atoms with Crippen molar-refractivity contribution in [3.8, 4) is 0 Å². The molecular weight excluding hydrogens is 176 g/mol. The average Bonchev–Trinajstić information content (AvgIpc) is 2.10. The maximum Gasteiger partial charge on any atom is -0.0187 e. The van der Waals surface area contributed by atoms with E-state index in [4.69, 9.17) is 0 Å². The molecule has 0 bridgehead atoms. The van der Waals surface area contributed by atoms with Crippen molar-refractivity contribution in [3.63, 3.8) is 0 Å². The molecule has 0 nitrogen and oxygen atoms in total. The summed E-state index contributed by atoms with van der Waals surface area (Å²) < 4.78 is 0. The Morgan fingerprint density at radius 3 is 2.15 bits per heavy atom. The van der Waals surface area contributed by atoms with E-state index in [2.05, 4.69) is 52.5 Å². The van der Waals surface area contributed by atoms with Crippen LogP contribution in [0.15, 0.2) is 22.6 Å². The summed E-state index contributed by atoms with van der Waals surface area (Å²) in [5.41, 5.74) is 1.52. The van der Waals surface area contributed by atoms with Crippen LogP contribution >= 0.6 is 12.6 Å². The molecule has 0 saturated carbocycles. The summed E-state index contributed by atoms with van der Waals surface area (Å²) >= 11 is 4.35. The summed E-state index contributed by atoms with van der Waals surface area (Å²) in [5.74, 6) is 0.754. The molecule has 1 heteroatoms. The van der Waals surface area contributed by atoms with Gasteiger partial charge >= 0.3 is 0 Å². The van der Waals surface area contributed by atoms with Crippen LogP contribution in [-0.4, -0.2) is 0 Å². The van der Waals surface area contributed by atoms with Crippen LogP contribution in [0.4, 0.5) is 0 Å². The van der Waals surface area contributed by atoms with E-state index < -0.39 is 0 Å². The fraction of sp³-hybridized carbons (Fsp3) is 0.667. The quantitative estimate of drug-likeness (QED) is 0.484. The first-order valence-corrected chi connectivity index (χ1v) is 5.62. The van der Waals surface area contributed by atoms with Crippen LogP contribution in [0, 0.1) is 5.92 Å². The third-order valence-electron chi connectivity index (χ3n) is 2.00. The Morgan fingerprint density at radius 1 is 1.15 bits per heavy atom. The van der Waals surface area contributed by atoms with Gasteiger partial charge in [0.1, 0.15) is 0 Å². The molecule has 0 radical (unpaired) electrons. The number of allylic oxidation sites excluding steroid dienone is 4. The van der Waals surface area contributed by atoms with Crippen molar-refractivity contribution in [2.75, 3.05) is 0 Å². The lowest BCUT2D eigenvalue weighted by Crippen LogP contribution is -1.90. The van der Waals surface area contributed by atoms with Crippen LogP contribution in [0.3, 0.4) is 0 Å². The predicted molar refractivity (Wildman–Crippen MR) is 65.2 cm³/mol. The van der Waals surface area contributed by atoms with E-state index in [1.54, 1.807) is 0 Å². The largest absolute Gasteiger partial charge is 0.148 e. The van der Waals surface area contributed by atoms with Crippen molar-refractivity contribution in [2.24, 2.45) is 5.92 Å². The molecule has 0 saturated heterocycles. The maximum absolute atomic E-state index is 4.35. The van der Waals surface area contributed by atoms with Crippen molar-refractivity contribution in [1.29, 1.82) is 0 Å². The normalized spacial score (nSPS) is 14.0. The SMILES string of the molecule is CC/C(S)=C/C=C(/CC)CC(C)C. The van der Waals surface area contributed by atoms with Gasteiger partial charge in [-0.3, -0.25) is 0 Å². The molecule has 76 valence electrons. The lowest BCUT2D eigenvalue weighted by atomic mass is 10.0. The van der Waals surface area contributed by atoms with E-state index in [1.807, 2.05) is 0 Å². The number of hydrogen-bond donors (Lipinski definition) is 1. The Hall–Kier alpha value is -0.170. The second-order valence-corrected chi connectivity index (χ2v) is 4.36. The van der Waals surface area contributed by atoms with E-state index in [-0.39, 0.29) is 0 Å². The van der Waals surface area contributed by atoms with Gasteiger partial charge in [-0.05, 0) is 30.1 Å². The van der Waals surface area contributed by atoms with Gasteiger partial charge in [-0.15, -0.1) is 12.6 Å². The zero-order valence-corrected chi connectivity index (χ0v) is 10.2. The van der Waals surface area contributed by atoms with Crippen LogP contribution in [0.25, 0.3) is 0 Å². The van der Waals surface area contributed by atoms with Gasteiger partial charge in [-0.1, -0.05) is 45.4 Å². The molecule has 0 aromatic carbocycles. The third-order valence-corrected chi connectivity index (χ3v) is 2.46. The fourth-order valence-corrected chi connectivity index (χ4v) is 1.26. The zero-order chi connectivity index (χ0) is 10.3. The molecule has 0 aromatic rings. The minimum absolute atomic E-state index is 0.754. The van der Waals surface area contributed by atoms with Crippen molar-refractivity contribution >= 4 is 12.6 Å². The molecule has 0 unspecified atom stereocenters. The van der Waals surface area contributed by atoms with Crippen molar-refractivity contribution in [1.82, 2.24) is 0 Å². The highest BCUT2D eigenvalue weighted by molar-refractivity contribution is 7.84. The van der Waals surface area contributed by atoms with Gasteiger partial charge < -0.3 is 0 Å². The summed E-state index contributed by atoms with van der Waals surface area (Å²) in [6, 6.07) is 0. The van der Waals surface area contributed by atoms with Crippen LogP contribution in [-0.2, 0) is 0 Å². The third kappa shape index (κ3) is 6.94. The Kier molecular flexibility index (Phi) is 7.16. The number of thiol groups is 1. The van der Waals surface area contributed by atoms with E-state index in [9.17, 15) is 0 Å². The standard InChI is InChI=1S/C12H22S/c1-5-11(9-10(3)4)7-8-12(13)6-2/h7-8,10,13H,5-6,9H2,1-4H3/b11-7-,12-8-. The van der Waals surface area contributed by atoms with E-state index in [0.29, 0.717) is 0 Å². The first-order chi connectivity index (χ1) is 6.10. The monoisotopic (exact) mass is 198 g/mol. The molecule has 0 aliphatic heterocycles. The first kappa shape index (κ1) is 12.8. The topological polar surface area (TPSA) is 0 Å². The summed E-state index contributed by atoms with van der Waals surface area (Å²) in [6.07, 6.45) is 7.74. The highest BCUT2D eigenvalue weighted by Crippen LogP contribution is 2.15. The molecule has 0 atom stereocenters. The minimum Gasteiger partial charge on any atom is -0.148 e. The summed E-state index contributed by atoms with van der Waals surface area (Å²) in [4.78, 5) is 1.16. The Morgan fingerprint density at radius 2 is 1.77 bits per heavy atom. The molecule has 0 aromatic heterocycles.